The number of fused-ring (bicyclic) bond motifs is 2. The minimum Gasteiger partial charge on any atom is -0.477 e. The second-order valence-corrected chi connectivity index (χ2v) is 7.58. The number of carboxylic acids is 1. The molecule has 1 aromatic heterocycles. The van der Waals surface area contributed by atoms with Crippen molar-refractivity contribution in [3.8, 4) is 0 Å². The Kier molecular flexibility index (Phi) is 2.90. The number of hydrogen-bond acceptors (Lipinski definition) is 3. The number of rotatable bonds is 2. The van der Waals surface area contributed by atoms with Gasteiger partial charge in [0.2, 0.25) is 0 Å². The molecule has 1 aliphatic heterocycles. The average Bonchev–Trinajstić information content (AvgIpc) is 2.89. The van der Waals surface area contributed by atoms with E-state index in [0.717, 1.165) is 19.3 Å². The molecule has 0 unspecified atom stereocenters. The first-order valence-corrected chi connectivity index (χ1v) is 7.28. The summed E-state index contributed by atoms with van der Waals surface area (Å²) < 4.78 is 0. The number of carbonyl (C=O) groups excluding carboxylic acids is 1. The van der Waals surface area contributed by atoms with Crippen molar-refractivity contribution in [1.82, 2.24) is 14.9 Å². The number of nitrogens with one attached hydrogen (secondary N) is 1. The Labute approximate surface area is 123 Å². The molecule has 0 aromatic carbocycles. The van der Waals surface area contributed by atoms with Crippen LogP contribution in [0.1, 0.15) is 61.0 Å². The number of H-pyrrole nitrogens is 1. The van der Waals surface area contributed by atoms with E-state index in [9.17, 15) is 9.59 Å². The highest BCUT2D eigenvalue weighted by atomic mass is 16.4. The largest absolute Gasteiger partial charge is 0.477 e. The number of carbonyl (C=O) groups is 2. The van der Waals surface area contributed by atoms with Gasteiger partial charge in [-0.15, -0.1) is 0 Å². The Morgan fingerprint density at radius 1 is 1.38 bits per heavy atom. The standard InChI is InChI=1S/C15H21N3O3/c1-14(2)4-9-5-15(3,6-14)7-18(9)12(19)10-11(13(20)21)17-8-16-10/h8-9H,4-7H2,1-3H3,(H,16,17)(H,20,21)/t9-,15-/m1/s1. The molecule has 6 heteroatoms. The number of carboxylic acid groups (broad SMARTS) is 1. The Morgan fingerprint density at radius 2 is 2.10 bits per heavy atom. The third kappa shape index (κ3) is 2.32. The van der Waals surface area contributed by atoms with E-state index in [1.165, 1.54) is 6.33 Å². The molecule has 2 aliphatic rings. The maximum Gasteiger partial charge on any atom is 0.354 e. The molecular weight excluding hydrogens is 270 g/mol. The van der Waals surface area contributed by atoms with Crippen LogP contribution < -0.4 is 0 Å². The van der Waals surface area contributed by atoms with Crippen molar-refractivity contribution in [3.05, 3.63) is 17.7 Å². The molecule has 2 heterocycles. The second-order valence-electron chi connectivity index (χ2n) is 7.58. The van der Waals surface area contributed by atoms with Crippen LogP contribution in [0.2, 0.25) is 0 Å². The van der Waals surface area contributed by atoms with E-state index in [4.69, 9.17) is 5.11 Å². The van der Waals surface area contributed by atoms with Crippen LogP contribution >= 0.6 is 0 Å². The molecule has 1 aliphatic carbocycles. The zero-order valence-corrected chi connectivity index (χ0v) is 12.6. The van der Waals surface area contributed by atoms with Crippen molar-refractivity contribution in [3.63, 3.8) is 0 Å². The summed E-state index contributed by atoms with van der Waals surface area (Å²) in [5, 5.41) is 9.13. The van der Waals surface area contributed by atoms with Crippen molar-refractivity contribution >= 4 is 11.9 Å². The van der Waals surface area contributed by atoms with Gasteiger partial charge in [0.1, 0.15) is 0 Å². The number of imidazole rings is 1. The van der Waals surface area contributed by atoms with Crippen molar-refractivity contribution in [2.75, 3.05) is 6.54 Å². The first kappa shape index (κ1) is 14.1. The fourth-order valence-electron chi connectivity index (χ4n) is 4.45. The van der Waals surface area contributed by atoms with Gasteiger partial charge in [-0.05, 0) is 30.1 Å². The maximum absolute atomic E-state index is 12.7. The first-order valence-electron chi connectivity index (χ1n) is 7.28. The van der Waals surface area contributed by atoms with E-state index in [1.54, 1.807) is 0 Å². The molecule has 114 valence electrons. The van der Waals surface area contributed by atoms with E-state index >= 15 is 0 Å². The number of nitrogens with zero attached hydrogens (tertiary/aromatic N) is 2. The number of aromatic amines is 1. The second kappa shape index (κ2) is 4.32. The normalized spacial score (nSPS) is 30.4. The van der Waals surface area contributed by atoms with Crippen molar-refractivity contribution in [1.29, 1.82) is 0 Å². The van der Waals surface area contributed by atoms with Gasteiger partial charge in [-0.2, -0.15) is 0 Å². The molecule has 0 radical (unpaired) electrons. The molecule has 2 bridgehead atoms. The van der Waals surface area contributed by atoms with E-state index < -0.39 is 5.97 Å². The lowest BCUT2D eigenvalue weighted by atomic mass is 9.65. The lowest BCUT2D eigenvalue weighted by Gasteiger charge is -2.39. The fraction of sp³-hybridized carbons (Fsp3) is 0.667. The van der Waals surface area contributed by atoms with E-state index in [-0.39, 0.29) is 34.2 Å². The van der Waals surface area contributed by atoms with E-state index in [0.29, 0.717) is 6.54 Å². The Morgan fingerprint density at radius 3 is 2.76 bits per heavy atom. The smallest absolute Gasteiger partial charge is 0.354 e. The van der Waals surface area contributed by atoms with Crippen LogP contribution in [0.4, 0.5) is 0 Å². The first-order chi connectivity index (χ1) is 9.71. The molecule has 2 N–H and O–H groups in total. The van der Waals surface area contributed by atoms with Gasteiger partial charge in [-0.1, -0.05) is 20.8 Å². The number of aromatic carboxylic acids is 1. The van der Waals surface area contributed by atoms with Crippen LogP contribution in [-0.2, 0) is 0 Å². The molecule has 21 heavy (non-hydrogen) atoms. The molecule has 3 rings (SSSR count). The fourth-order valence-corrected chi connectivity index (χ4v) is 4.45. The molecule has 1 saturated heterocycles. The van der Waals surface area contributed by atoms with Crippen molar-refractivity contribution in [2.45, 2.75) is 46.1 Å². The molecule has 2 atom stereocenters. The summed E-state index contributed by atoms with van der Waals surface area (Å²) in [6.07, 6.45) is 4.31. The number of amides is 1. The Balaban J connectivity index is 1.90. The molecule has 2 fully saturated rings. The predicted molar refractivity (Wildman–Crippen MR) is 76.1 cm³/mol. The Hall–Kier alpha value is -1.85. The SMILES string of the molecule is CC1(C)C[C@@H]2C[C@@](C)(CN2C(=O)c2nc[nH]c2C(=O)O)C1. The zero-order chi connectivity index (χ0) is 15.4. The van der Waals surface area contributed by atoms with Gasteiger partial charge < -0.3 is 15.0 Å². The van der Waals surface area contributed by atoms with Crippen molar-refractivity contribution < 1.29 is 14.7 Å². The lowest BCUT2D eigenvalue weighted by molar-refractivity contribution is 0.0652. The van der Waals surface area contributed by atoms with Gasteiger partial charge in [0.15, 0.2) is 11.4 Å². The topological polar surface area (TPSA) is 86.3 Å². The van der Waals surface area contributed by atoms with Gasteiger partial charge in [0.05, 0.1) is 6.33 Å². The van der Waals surface area contributed by atoms with Crippen LogP contribution in [0.25, 0.3) is 0 Å². The highest BCUT2D eigenvalue weighted by Gasteiger charge is 2.51. The summed E-state index contributed by atoms with van der Waals surface area (Å²) in [7, 11) is 0. The summed E-state index contributed by atoms with van der Waals surface area (Å²) in [5.41, 5.74) is 0.248. The zero-order valence-electron chi connectivity index (χ0n) is 12.6. The quantitative estimate of drug-likeness (QED) is 0.874. The third-order valence-corrected chi connectivity index (χ3v) is 4.73. The van der Waals surface area contributed by atoms with Gasteiger partial charge >= 0.3 is 5.97 Å². The van der Waals surface area contributed by atoms with Crippen molar-refractivity contribution in [2.24, 2.45) is 10.8 Å². The average molecular weight is 291 g/mol. The minimum atomic E-state index is -1.15. The van der Waals surface area contributed by atoms with E-state index in [1.807, 2.05) is 4.90 Å². The summed E-state index contributed by atoms with van der Waals surface area (Å²) in [4.78, 5) is 32.2. The van der Waals surface area contributed by atoms with Gasteiger partial charge in [0, 0.05) is 12.6 Å². The van der Waals surface area contributed by atoms with Gasteiger partial charge in [-0.3, -0.25) is 4.79 Å². The number of aromatic nitrogens is 2. The number of hydrogen-bond donors (Lipinski definition) is 2. The summed E-state index contributed by atoms with van der Waals surface area (Å²) in [6, 6.07) is 0.185. The lowest BCUT2D eigenvalue weighted by Crippen LogP contribution is -2.38. The molecular formula is C15H21N3O3. The maximum atomic E-state index is 12.7. The molecule has 1 saturated carbocycles. The van der Waals surface area contributed by atoms with Crippen LogP contribution in [0.5, 0.6) is 0 Å². The molecule has 0 spiro atoms. The van der Waals surface area contributed by atoms with E-state index in [2.05, 4.69) is 30.7 Å². The highest BCUT2D eigenvalue weighted by Crippen LogP contribution is 2.52. The predicted octanol–water partition coefficient (Wildman–Crippen LogP) is 2.15. The highest BCUT2D eigenvalue weighted by molar-refractivity contribution is 6.02. The molecule has 1 aromatic rings. The van der Waals surface area contributed by atoms with Crippen LogP contribution in [0.15, 0.2) is 6.33 Å². The minimum absolute atomic E-state index is 0.0245. The van der Waals surface area contributed by atoms with Gasteiger partial charge in [0.25, 0.3) is 5.91 Å². The third-order valence-electron chi connectivity index (χ3n) is 4.73. The van der Waals surface area contributed by atoms with Crippen LogP contribution in [0, 0.1) is 10.8 Å². The van der Waals surface area contributed by atoms with Crippen LogP contribution in [-0.4, -0.2) is 44.4 Å². The Bertz CT molecular complexity index is 607. The number of likely N-dealkylation sites (tertiary alicyclic amines) is 1. The molecule has 1 amide bonds. The summed E-state index contributed by atoms with van der Waals surface area (Å²) in [6.45, 7) is 7.38. The van der Waals surface area contributed by atoms with Gasteiger partial charge in [-0.25, -0.2) is 9.78 Å². The summed E-state index contributed by atoms with van der Waals surface area (Å²) in [5.74, 6) is -1.41. The van der Waals surface area contributed by atoms with Crippen LogP contribution in [0.3, 0.4) is 0 Å². The monoisotopic (exact) mass is 291 g/mol. The summed E-state index contributed by atoms with van der Waals surface area (Å²) >= 11 is 0. The molecule has 6 nitrogen and oxygen atoms in total.